The van der Waals surface area contributed by atoms with Crippen molar-refractivity contribution in [2.75, 3.05) is 0 Å². The molecule has 0 aromatic heterocycles. The predicted octanol–water partition coefficient (Wildman–Crippen LogP) is 3.36. The first kappa shape index (κ1) is 25.0. The van der Waals surface area contributed by atoms with E-state index in [1.165, 1.54) is 19.3 Å². The van der Waals surface area contributed by atoms with Crippen molar-refractivity contribution in [1.29, 1.82) is 0 Å². The van der Waals surface area contributed by atoms with Crippen molar-refractivity contribution in [3.8, 4) is 0 Å². The predicted molar refractivity (Wildman–Crippen MR) is 91.6 cm³/mol. The van der Waals surface area contributed by atoms with Crippen LogP contribution in [-0.2, 0) is 4.79 Å². The minimum absolute atomic E-state index is 0. The third kappa shape index (κ3) is 20.7. The van der Waals surface area contributed by atoms with Gasteiger partial charge in [-0.25, -0.2) is 0 Å². The standard InChI is InChI=1S/C18H34O3.Ba/c1-2-3-4-11-14-17(19)15-12-9-7-5-6-8-10-13-16-18(20)21;/h9,12,17,19H,2-8,10-11,13-16H2,1H3,(H,20,21);/q;+2/p-1/b12-9-;/t17-;/m1./s1. The first-order valence-corrected chi connectivity index (χ1v) is 8.69. The molecule has 0 heterocycles. The second kappa shape index (κ2) is 19.8. The van der Waals surface area contributed by atoms with Gasteiger partial charge in [-0.1, -0.05) is 64.0 Å². The molecule has 0 rings (SSSR count). The molecule has 0 aliphatic carbocycles. The second-order valence-corrected chi connectivity index (χ2v) is 5.89. The van der Waals surface area contributed by atoms with E-state index in [1.54, 1.807) is 0 Å². The average molecular weight is 435 g/mol. The molecule has 22 heavy (non-hydrogen) atoms. The van der Waals surface area contributed by atoms with Crippen LogP contribution < -0.4 is 5.11 Å². The van der Waals surface area contributed by atoms with Crippen molar-refractivity contribution in [3.63, 3.8) is 0 Å². The van der Waals surface area contributed by atoms with Crippen LogP contribution in [0.4, 0.5) is 0 Å². The number of carbonyl (C=O) groups is 1. The van der Waals surface area contributed by atoms with Gasteiger partial charge in [-0.15, -0.1) is 0 Å². The van der Waals surface area contributed by atoms with E-state index >= 15 is 0 Å². The largest absolute Gasteiger partial charge is 2.00 e. The molecule has 3 nitrogen and oxygen atoms in total. The van der Waals surface area contributed by atoms with Gasteiger partial charge in [0.15, 0.2) is 0 Å². The second-order valence-electron chi connectivity index (χ2n) is 5.89. The van der Waals surface area contributed by atoms with Gasteiger partial charge in [-0.2, -0.15) is 0 Å². The van der Waals surface area contributed by atoms with E-state index in [0.29, 0.717) is 0 Å². The molecule has 0 radical (unpaired) electrons. The number of allylic oxidation sites excluding steroid dienone is 1. The Balaban J connectivity index is 0. The fraction of sp³-hybridized carbons (Fsp3) is 0.833. The normalized spacial score (nSPS) is 12.3. The monoisotopic (exact) mass is 435 g/mol. The molecule has 0 fully saturated rings. The number of carbonyl (C=O) groups excluding carboxylic acids is 1. The van der Waals surface area contributed by atoms with Gasteiger partial charge in [-0.3, -0.25) is 0 Å². The smallest absolute Gasteiger partial charge is 0.550 e. The topological polar surface area (TPSA) is 60.4 Å². The summed E-state index contributed by atoms with van der Waals surface area (Å²) in [5.41, 5.74) is 0. The number of hydrogen-bond donors (Lipinski definition) is 1. The maximum absolute atomic E-state index is 10.2. The van der Waals surface area contributed by atoms with Crippen LogP contribution in [0, 0.1) is 0 Å². The number of hydrogen-bond acceptors (Lipinski definition) is 3. The summed E-state index contributed by atoms with van der Waals surface area (Å²) < 4.78 is 0. The van der Waals surface area contributed by atoms with E-state index in [0.717, 1.165) is 57.8 Å². The summed E-state index contributed by atoms with van der Waals surface area (Å²) >= 11 is 0. The molecule has 0 aromatic carbocycles. The third-order valence-corrected chi connectivity index (χ3v) is 3.72. The van der Waals surface area contributed by atoms with E-state index in [9.17, 15) is 15.0 Å². The Labute approximate surface area is 177 Å². The Morgan fingerprint density at radius 1 is 1.00 bits per heavy atom. The van der Waals surface area contributed by atoms with Gasteiger partial charge < -0.3 is 15.0 Å². The van der Waals surface area contributed by atoms with Crippen molar-refractivity contribution in [3.05, 3.63) is 12.2 Å². The Morgan fingerprint density at radius 2 is 1.64 bits per heavy atom. The van der Waals surface area contributed by atoms with Gasteiger partial charge in [0.1, 0.15) is 0 Å². The Kier molecular flexibility index (Phi) is 22.5. The summed E-state index contributed by atoms with van der Waals surface area (Å²) in [5, 5.41) is 20.0. The first-order chi connectivity index (χ1) is 10.2. The summed E-state index contributed by atoms with van der Waals surface area (Å²) in [7, 11) is 0. The van der Waals surface area contributed by atoms with Crippen LogP contribution in [0.5, 0.6) is 0 Å². The molecule has 0 spiro atoms. The van der Waals surface area contributed by atoms with Crippen LogP contribution in [-0.4, -0.2) is 66.1 Å². The van der Waals surface area contributed by atoms with Crippen LogP contribution in [0.15, 0.2) is 12.2 Å². The van der Waals surface area contributed by atoms with Crippen LogP contribution in [0.3, 0.4) is 0 Å². The molecule has 0 aromatic rings. The molecule has 0 aliphatic heterocycles. The van der Waals surface area contributed by atoms with Crippen molar-refractivity contribution in [1.82, 2.24) is 0 Å². The minimum atomic E-state index is -0.939. The number of rotatable bonds is 15. The fourth-order valence-corrected chi connectivity index (χ4v) is 2.36. The Bertz CT molecular complexity index is 267. The zero-order chi connectivity index (χ0) is 15.8. The molecule has 0 aliphatic rings. The van der Waals surface area contributed by atoms with E-state index in [1.807, 2.05) is 0 Å². The van der Waals surface area contributed by atoms with Gasteiger partial charge in [0.05, 0.1) is 6.10 Å². The quantitative estimate of drug-likeness (QED) is 0.244. The maximum atomic E-state index is 10.2. The van der Waals surface area contributed by atoms with Gasteiger partial charge in [0.2, 0.25) is 0 Å². The van der Waals surface area contributed by atoms with Crippen molar-refractivity contribution < 1.29 is 15.0 Å². The summed E-state index contributed by atoms with van der Waals surface area (Å²) in [5.74, 6) is -0.939. The SMILES string of the molecule is CCCCCC[C@@H](O)C/C=C\CCCCCCCC(=O)[O-].[Ba+2]. The molecular weight excluding hydrogens is 402 g/mol. The molecule has 1 N–H and O–H groups in total. The van der Waals surface area contributed by atoms with E-state index in [4.69, 9.17) is 0 Å². The number of carboxylic acids is 1. The maximum Gasteiger partial charge on any atom is 2.00 e. The summed E-state index contributed by atoms with van der Waals surface area (Å²) in [6.07, 6.45) is 17.0. The van der Waals surface area contributed by atoms with Crippen molar-refractivity contribution in [2.24, 2.45) is 0 Å². The van der Waals surface area contributed by atoms with Gasteiger partial charge in [-0.05, 0) is 38.5 Å². The van der Waals surface area contributed by atoms with Gasteiger partial charge in [0.25, 0.3) is 0 Å². The number of unbranched alkanes of at least 4 members (excludes halogenated alkanes) is 8. The number of aliphatic hydroxyl groups is 1. The Hall–Kier alpha value is 0.741. The minimum Gasteiger partial charge on any atom is -0.550 e. The molecule has 0 amide bonds. The summed E-state index contributed by atoms with van der Waals surface area (Å²) in [4.78, 5) is 10.2. The molecule has 1 atom stereocenters. The summed E-state index contributed by atoms with van der Waals surface area (Å²) in [6, 6.07) is 0. The van der Waals surface area contributed by atoms with Crippen LogP contribution in [0.1, 0.15) is 90.4 Å². The number of aliphatic carboxylic acids is 1. The molecule has 124 valence electrons. The molecule has 0 unspecified atom stereocenters. The number of aliphatic hydroxyl groups excluding tert-OH is 1. The van der Waals surface area contributed by atoms with E-state index in [2.05, 4.69) is 19.1 Å². The molecule has 0 saturated carbocycles. The van der Waals surface area contributed by atoms with E-state index in [-0.39, 0.29) is 61.4 Å². The van der Waals surface area contributed by atoms with Crippen LogP contribution in [0.2, 0.25) is 0 Å². The molecular formula is C18H33BaO3+. The molecule has 0 saturated heterocycles. The molecule has 0 bridgehead atoms. The van der Waals surface area contributed by atoms with E-state index < -0.39 is 5.97 Å². The molecule has 4 heteroatoms. The fourth-order valence-electron chi connectivity index (χ4n) is 2.36. The van der Waals surface area contributed by atoms with Gasteiger partial charge in [0, 0.05) is 5.97 Å². The first-order valence-electron chi connectivity index (χ1n) is 8.69. The Morgan fingerprint density at radius 3 is 2.32 bits per heavy atom. The zero-order valence-electron chi connectivity index (χ0n) is 14.4. The zero-order valence-corrected chi connectivity index (χ0v) is 18.8. The van der Waals surface area contributed by atoms with Crippen LogP contribution in [0.25, 0.3) is 0 Å². The van der Waals surface area contributed by atoms with Crippen molar-refractivity contribution in [2.45, 2.75) is 96.5 Å². The number of carboxylic acid groups (broad SMARTS) is 1. The van der Waals surface area contributed by atoms with Gasteiger partial charge >= 0.3 is 48.9 Å². The average Bonchev–Trinajstić information content (AvgIpc) is 2.45. The van der Waals surface area contributed by atoms with Crippen LogP contribution >= 0.6 is 0 Å². The summed E-state index contributed by atoms with van der Waals surface area (Å²) in [6.45, 7) is 2.20. The van der Waals surface area contributed by atoms with Crippen molar-refractivity contribution >= 4 is 54.9 Å². The third-order valence-electron chi connectivity index (χ3n) is 3.72.